The van der Waals surface area contributed by atoms with E-state index in [1.165, 1.54) is 0 Å². The van der Waals surface area contributed by atoms with E-state index in [0.29, 0.717) is 5.56 Å². The molecule has 2 rings (SSSR count). The van der Waals surface area contributed by atoms with Gasteiger partial charge in [0.2, 0.25) is 0 Å². The molecule has 1 heterocycles. The highest BCUT2D eigenvalue weighted by Gasteiger charge is 2.12. The van der Waals surface area contributed by atoms with Gasteiger partial charge in [-0.25, -0.2) is 0 Å². The molecule has 18 heavy (non-hydrogen) atoms. The van der Waals surface area contributed by atoms with E-state index < -0.39 is 0 Å². The fourth-order valence-corrected chi connectivity index (χ4v) is 1.91. The molecule has 0 aliphatic rings. The predicted molar refractivity (Wildman–Crippen MR) is 71.8 cm³/mol. The average Bonchev–Trinajstić information content (AvgIpc) is 2.71. The molecule has 0 bridgehead atoms. The number of nitrogens with one attached hydrogen (secondary N) is 1. The quantitative estimate of drug-likeness (QED) is 0.901. The highest BCUT2D eigenvalue weighted by molar-refractivity contribution is 6.05. The van der Waals surface area contributed by atoms with Crippen molar-refractivity contribution in [2.75, 3.05) is 5.32 Å². The van der Waals surface area contributed by atoms with E-state index in [0.717, 1.165) is 23.5 Å². The summed E-state index contributed by atoms with van der Waals surface area (Å²) in [5, 5.41) is 7.11. The summed E-state index contributed by atoms with van der Waals surface area (Å²) in [5.74, 6) is -0.0909. The molecule has 0 saturated heterocycles. The maximum atomic E-state index is 12.1. The van der Waals surface area contributed by atoms with Crippen LogP contribution in [0.1, 0.15) is 28.5 Å². The van der Waals surface area contributed by atoms with Crippen LogP contribution in [-0.4, -0.2) is 15.7 Å². The molecule has 1 aromatic heterocycles. The summed E-state index contributed by atoms with van der Waals surface area (Å²) in [5.41, 5.74) is 3.40. The van der Waals surface area contributed by atoms with Crippen molar-refractivity contribution in [1.82, 2.24) is 9.78 Å². The molecule has 0 unspecified atom stereocenters. The number of aromatic nitrogens is 2. The fraction of sp³-hybridized carbons (Fsp3) is 0.286. The molecule has 4 heteroatoms. The molecule has 0 radical (unpaired) electrons. The maximum absolute atomic E-state index is 12.1. The molecule has 0 aliphatic carbocycles. The second-order valence-electron chi connectivity index (χ2n) is 4.23. The van der Waals surface area contributed by atoms with Gasteiger partial charge in [-0.3, -0.25) is 9.48 Å². The molecule has 0 saturated carbocycles. The van der Waals surface area contributed by atoms with Gasteiger partial charge < -0.3 is 5.32 Å². The molecule has 0 fully saturated rings. The number of rotatable bonds is 3. The Hall–Kier alpha value is -2.10. The summed E-state index contributed by atoms with van der Waals surface area (Å²) >= 11 is 0. The van der Waals surface area contributed by atoms with Crippen LogP contribution in [0, 0.1) is 13.8 Å². The van der Waals surface area contributed by atoms with Crippen molar-refractivity contribution >= 4 is 11.6 Å². The van der Waals surface area contributed by atoms with E-state index in [4.69, 9.17) is 0 Å². The van der Waals surface area contributed by atoms with Crippen molar-refractivity contribution in [2.24, 2.45) is 0 Å². The largest absolute Gasteiger partial charge is 0.319 e. The molecule has 1 amide bonds. The predicted octanol–water partition coefficient (Wildman–Crippen LogP) is 2.77. The van der Waals surface area contributed by atoms with Gasteiger partial charge in [-0.2, -0.15) is 5.10 Å². The van der Waals surface area contributed by atoms with Crippen molar-refractivity contribution in [3.05, 3.63) is 47.3 Å². The normalized spacial score (nSPS) is 10.4. The second kappa shape index (κ2) is 5.04. The third kappa shape index (κ3) is 2.27. The van der Waals surface area contributed by atoms with Gasteiger partial charge in [-0.15, -0.1) is 0 Å². The molecule has 1 aromatic carbocycles. The number of aryl methyl sites for hydroxylation is 2. The lowest BCUT2D eigenvalue weighted by Crippen LogP contribution is -2.13. The number of benzene rings is 1. The number of anilines is 1. The summed E-state index contributed by atoms with van der Waals surface area (Å²) in [6, 6.07) is 7.54. The number of carbonyl (C=O) groups is 1. The Morgan fingerprint density at radius 1 is 1.33 bits per heavy atom. The fourth-order valence-electron chi connectivity index (χ4n) is 1.91. The van der Waals surface area contributed by atoms with Crippen molar-refractivity contribution < 1.29 is 4.79 Å². The SMILES string of the molecule is CCn1ncc(NC(=O)c2ccccc2C)c1C. The number of hydrogen-bond acceptors (Lipinski definition) is 2. The zero-order chi connectivity index (χ0) is 13.1. The third-order valence-corrected chi connectivity index (χ3v) is 3.04. The van der Waals surface area contributed by atoms with Crippen LogP contribution < -0.4 is 5.32 Å². The van der Waals surface area contributed by atoms with Gasteiger partial charge in [0, 0.05) is 12.1 Å². The first-order valence-electron chi connectivity index (χ1n) is 6.03. The van der Waals surface area contributed by atoms with Gasteiger partial charge in [-0.05, 0) is 32.4 Å². The average molecular weight is 243 g/mol. The van der Waals surface area contributed by atoms with Gasteiger partial charge in [0.15, 0.2) is 0 Å². The minimum Gasteiger partial charge on any atom is -0.319 e. The summed E-state index contributed by atoms with van der Waals surface area (Å²) in [6.07, 6.45) is 1.69. The highest BCUT2D eigenvalue weighted by Crippen LogP contribution is 2.16. The topological polar surface area (TPSA) is 46.9 Å². The zero-order valence-electron chi connectivity index (χ0n) is 10.9. The lowest BCUT2D eigenvalue weighted by molar-refractivity contribution is 0.102. The van der Waals surface area contributed by atoms with Gasteiger partial charge >= 0.3 is 0 Å². The van der Waals surface area contributed by atoms with Crippen LogP contribution >= 0.6 is 0 Å². The number of carbonyl (C=O) groups excluding carboxylic acids is 1. The van der Waals surface area contributed by atoms with Crippen molar-refractivity contribution in [3.8, 4) is 0 Å². The Balaban J connectivity index is 2.22. The Morgan fingerprint density at radius 2 is 2.06 bits per heavy atom. The van der Waals surface area contributed by atoms with Gasteiger partial charge in [-0.1, -0.05) is 18.2 Å². The van der Waals surface area contributed by atoms with Crippen LogP contribution in [0.4, 0.5) is 5.69 Å². The van der Waals surface area contributed by atoms with Crippen LogP contribution in [0.15, 0.2) is 30.5 Å². The van der Waals surface area contributed by atoms with E-state index in [2.05, 4.69) is 10.4 Å². The van der Waals surface area contributed by atoms with Gasteiger partial charge in [0.1, 0.15) is 0 Å². The minimum atomic E-state index is -0.0909. The van der Waals surface area contributed by atoms with E-state index in [-0.39, 0.29) is 5.91 Å². The van der Waals surface area contributed by atoms with E-state index in [9.17, 15) is 4.79 Å². The number of hydrogen-bond donors (Lipinski definition) is 1. The Bertz CT molecular complexity index is 572. The van der Waals surface area contributed by atoms with Crippen molar-refractivity contribution in [1.29, 1.82) is 0 Å². The molecule has 0 atom stereocenters. The second-order valence-corrected chi connectivity index (χ2v) is 4.23. The summed E-state index contributed by atoms with van der Waals surface area (Å²) < 4.78 is 1.85. The molecule has 2 aromatic rings. The summed E-state index contributed by atoms with van der Waals surface area (Å²) in [4.78, 5) is 12.1. The van der Waals surface area contributed by atoms with E-state index >= 15 is 0 Å². The summed E-state index contributed by atoms with van der Waals surface area (Å²) in [7, 11) is 0. The first-order chi connectivity index (χ1) is 8.63. The standard InChI is InChI=1S/C14H17N3O/c1-4-17-11(3)13(9-15-17)16-14(18)12-8-6-5-7-10(12)2/h5-9H,4H2,1-3H3,(H,16,18). The monoisotopic (exact) mass is 243 g/mol. The molecule has 1 N–H and O–H groups in total. The molecular formula is C14H17N3O. The van der Waals surface area contributed by atoms with Crippen molar-refractivity contribution in [3.63, 3.8) is 0 Å². The lowest BCUT2D eigenvalue weighted by atomic mass is 10.1. The van der Waals surface area contributed by atoms with E-state index in [1.54, 1.807) is 6.20 Å². The molecule has 4 nitrogen and oxygen atoms in total. The highest BCUT2D eigenvalue weighted by atomic mass is 16.1. The Labute approximate surface area is 107 Å². The van der Waals surface area contributed by atoms with Crippen LogP contribution in [0.5, 0.6) is 0 Å². The van der Waals surface area contributed by atoms with Crippen LogP contribution in [0.2, 0.25) is 0 Å². The zero-order valence-corrected chi connectivity index (χ0v) is 10.9. The Kier molecular flexibility index (Phi) is 3.46. The van der Waals surface area contributed by atoms with Crippen LogP contribution in [-0.2, 0) is 6.54 Å². The first-order valence-corrected chi connectivity index (χ1v) is 6.03. The maximum Gasteiger partial charge on any atom is 0.256 e. The number of amides is 1. The first kappa shape index (κ1) is 12.4. The summed E-state index contributed by atoms with van der Waals surface area (Å²) in [6.45, 7) is 6.69. The molecule has 94 valence electrons. The minimum absolute atomic E-state index is 0.0909. The van der Waals surface area contributed by atoms with Crippen LogP contribution in [0.25, 0.3) is 0 Å². The third-order valence-electron chi connectivity index (χ3n) is 3.04. The van der Waals surface area contributed by atoms with Gasteiger partial charge in [0.05, 0.1) is 17.6 Å². The smallest absolute Gasteiger partial charge is 0.256 e. The molecule has 0 aliphatic heterocycles. The van der Waals surface area contributed by atoms with Crippen LogP contribution in [0.3, 0.4) is 0 Å². The van der Waals surface area contributed by atoms with E-state index in [1.807, 2.05) is 49.7 Å². The van der Waals surface area contributed by atoms with Gasteiger partial charge in [0.25, 0.3) is 5.91 Å². The number of nitrogens with zero attached hydrogens (tertiary/aromatic N) is 2. The Morgan fingerprint density at radius 3 is 2.67 bits per heavy atom. The van der Waals surface area contributed by atoms with Crippen molar-refractivity contribution in [2.45, 2.75) is 27.3 Å². The molecular weight excluding hydrogens is 226 g/mol. The molecule has 0 spiro atoms. The lowest BCUT2D eigenvalue weighted by Gasteiger charge is -2.07.